The smallest absolute Gasteiger partial charge is 0.269 e. The van der Waals surface area contributed by atoms with Crippen LogP contribution in [0.25, 0.3) is 0 Å². The zero-order valence-corrected chi connectivity index (χ0v) is 13.8. The number of rotatable bonds is 6. The Bertz CT molecular complexity index is 437. The average molecular weight is 394 g/mol. The van der Waals surface area contributed by atoms with Gasteiger partial charge in [0.1, 0.15) is 0 Å². The maximum absolute atomic E-state index is 10.5. The molecule has 8 heteroatoms. The first-order chi connectivity index (χ1) is 9.17. The third-order valence-electron chi connectivity index (χ3n) is 2.43. The summed E-state index contributed by atoms with van der Waals surface area (Å²) in [7, 11) is 3.31. The van der Waals surface area contributed by atoms with Crippen LogP contribution in [0.4, 0.5) is 5.69 Å². The first-order valence-electron chi connectivity index (χ1n) is 5.84. The van der Waals surface area contributed by atoms with Crippen LogP contribution < -0.4 is 10.6 Å². The standard InChI is InChI=1S/C12H18N4O3.HI/c1-13-12(14-7-8-19-2)15-9-10-3-5-11(6-4-10)16(17)18;/h3-6H,7-9H2,1-2H3,(H2,13,14,15);1H. The van der Waals surface area contributed by atoms with Crippen molar-refractivity contribution in [2.45, 2.75) is 6.54 Å². The molecule has 0 saturated carbocycles. The summed E-state index contributed by atoms with van der Waals surface area (Å²) in [6.07, 6.45) is 0. The SMILES string of the molecule is CN=C(NCCOC)NCc1ccc([N+](=O)[O-])cc1.I. The maximum atomic E-state index is 10.5. The zero-order valence-electron chi connectivity index (χ0n) is 11.5. The van der Waals surface area contributed by atoms with Gasteiger partial charge in [0, 0.05) is 39.4 Å². The molecule has 0 amide bonds. The quantitative estimate of drug-likeness (QED) is 0.191. The number of guanidine groups is 1. The average Bonchev–Trinajstić information content (AvgIpc) is 2.43. The van der Waals surface area contributed by atoms with E-state index >= 15 is 0 Å². The van der Waals surface area contributed by atoms with Gasteiger partial charge in [-0.05, 0) is 5.56 Å². The topological polar surface area (TPSA) is 88.8 Å². The van der Waals surface area contributed by atoms with E-state index in [0.717, 1.165) is 5.56 Å². The summed E-state index contributed by atoms with van der Waals surface area (Å²) in [5.41, 5.74) is 1.03. The monoisotopic (exact) mass is 394 g/mol. The Balaban J connectivity index is 0.00000361. The van der Waals surface area contributed by atoms with Crippen LogP contribution >= 0.6 is 24.0 Å². The van der Waals surface area contributed by atoms with Gasteiger partial charge in [-0.25, -0.2) is 0 Å². The predicted molar refractivity (Wildman–Crippen MR) is 88.6 cm³/mol. The maximum Gasteiger partial charge on any atom is 0.269 e. The van der Waals surface area contributed by atoms with E-state index in [1.807, 2.05) is 0 Å². The molecule has 0 aromatic heterocycles. The van der Waals surface area contributed by atoms with Gasteiger partial charge in [0.25, 0.3) is 5.69 Å². The molecule has 1 aromatic carbocycles. The van der Waals surface area contributed by atoms with Gasteiger partial charge in [0.15, 0.2) is 5.96 Å². The van der Waals surface area contributed by atoms with Gasteiger partial charge >= 0.3 is 0 Å². The molecule has 1 rings (SSSR count). The molecule has 0 aliphatic carbocycles. The van der Waals surface area contributed by atoms with Crippen molar-refractivity contribution >= 4 is 35.6 Å². The van der Waals surface area contributed by atoms with Crippen molar-refractivity contribution in [2.75, 3.05) is 27.3 Å². The van der Waals surface area contributed by atoms with Crippen LogP contribution in [0.15, 0.2) is 29.3 Å². The van der Waals surface area contributed by atoms with Crippen molar-refractivity contribution in [1.82, 2.24) is 10.6 Å². The summed E-state index contributed by atoms with van der Waals surface area (Å²) in [5, 5.41) is 16.7. The summed E-state index contributed by atoms with van der Waals surface area (Å²) >= 11 is 0. The fourth-order valence-electron chi connectivity index (χ4n) is 1.41. The van der Waals surface area contributed by atoms with E-state index < -0.39 is 4.92 Å². The number of benzene rings is 1. The second-order valence-corrected chi connectivity index (χ2v) is 3.77. The molecule has 7 nitrogen and oxygen atoms in total. The van der Waals surface area contributed by atoms with Crippen molar-refractivity contribution in [3.8, 4) is 0 Å². The van der Waals surface area contributed by atoms with Gasteiger partial charge in [0.05, 0.1) is 11.5 Å². The molecule has 20 heavy (non-hydrogen) atoms. The number of halogens is 1. The number of nitrogens with one attached hydrogen (secondary N) is 2. The second kappa shape index (κ2) is 10.4. The highest BCUT2D eigenvalue weighted by molar-refractivity contribution is 14.0. The lowest BCUT2D eigenvalue weighted by Crippen LogP contribution is -2.38. The molecule has 0 unspecified atom stereocenters. The number of non-ortho nitro benzene ring substituents is 1. The number of methoxy groups -OCH3 is 1. The Labute approximate surface area is 135 Å². The van der Waals surface area contributed by atoms with Crippen molar-refractivity contribution in [3.63, 3.8) is 0 Å². The molecule has 0 bridgehead atoms. The van der Waals surface area contributed by atoms with Crippen molar-refractivity contribution < 1.29 is 9.66 Å². The highest BCUT2D eigenvalue weighted by atomic mass is 127. The Morgan fingerprint density at radius 1 is 1.35 bits per heavy atom. The lowest BCUT2D eigenvalue weighted by atomic mass is 10.2. The first-order valence-corrected chi connectivity index (χ1v) is 5.84. The summed E-state index contributed by atoms with van der Waals surface area (Å²) in [6.45, 7) is 1.80. The van der Waals surface area contributed by atoms with Gasteiger partial charge in [-0.1, -0.05) is 12.1 Å². The first kappa shape index (κ1) is 18.6. The molecule has 0 atom stereocenters. The molecule has 0 aliphatic heterocycles. The normalized spacial score (nSPS) is 10.6. The molecule has 0 heterocycles. The molecule has 0 spiro atoms. The van der Waals surface area contributed by atoms with Gasteiger partial charge in [-0.15, -0.1) is 24.0 Å². The number of ether oxygens (including phenoxy) is 1. The number of aliphatic imine (C=N–C) groups is 1. The molecule has 1 aromatic rings. The summed E-state index contributed by atoms with van der Waals surface area (Å²) in [6, 6.07) is 6.40. The number of hydrogen-bond donors (Lipinski definition) is 2. The number of nitrogens with zero attached hydrogens (tertiary/aromatic N) is 2. The summed E-state index contributed by atoms with van der Waals surface area (Å²) < 4.78 is 4.93. The fourth-order valence-corrected chi connectivity index (χ4v) is 1.41. The molecular formula is C12H19IN4O3. The van der Waals surface area contributed by atoms with Gasteiger partial charge < -0.3 is 15.4 Å². The van der Waals surface area contributed by atoms with Gasteiger partial charge in [-0.2, -0.15) is 0 Å². The van der Waals surface area contributed by atoms with E-state index in [9.17, 15) is 10.1 Å². The van der Waals surface area contributed by atoms with E-state index in [4.69, 9.17) is 4.74 Å². The van der Waals surface area contributed by atoms with E-state index in [1.54, 1.807) is 26.3 Å². The molecule has 0 fully saturated rings. The third kappa shape index (κ3) is 6.66. The highest BCUT2D eigenvalue weighted by Gasteiger charge is 2.04. The second-order valence-electron chi connectivity index (χ2n) is 3.77. The Morgan fingerprint density at radius 3 is 2.50 bits per heavy atom. The van der Waals surface area contributed by atoms with Crippen LogP contribution in [-0.4, -0.2) is 38.2 Å². The molecule has 0 radical (unpaired) electrons. The van der Waals surface area contributed by atoms with E-state index in [0.29, 0.717) is 25.7 Å². The van der Waals surface area contributed by atoms with Crippen molar-refractivity contribution in [3.05, 3.63) is 39.9 Å². The largest absolute Gasteiger partial charge is 0.383 e. The molecule has 0 aliphatic rings. The van der Waals surface area contributed by atoms with Crippen LogP contribution in [0.1, 0.15) is 5.56 Å². The van der Waals surface area contributed by atoms with Gasteiger partial charge in [0.2, 0.25) is 0 Å². The van der Waals surface area contributed by atoms with E-state index in [1.165, 1.54) is 12.1 Å². The zero-order chi connectivity index (χ0) is 14.1. The van der Waals surface area contributed by atoms with Crippen LogP contribution in [0.3, 0.4) is 0 Å². The van der Waals surface area contributed by atoms with Crippen LogP contribution in [0.2, 0.25) is 0 Å². The Hall–Kier alpha value is -1.42. The fraction of sp³-hybridized carbons (Fsp3) is 0.417. The van der Waals surface area contributed by atoms with E-state index in [-0.39, 0.29) is 29.7 Å². The minimum absolute atomic E-state index is 0. The summed E-state index contributed by atoms with van der Waals surface area (Å²) in [5.74, 6) is 0.662. The van der Waals surface area contributed by atoms with Crippen LogP contribution in [0.5, 0.6) is 0 Å². The lowest BCUT2D eigenvalue weighted by molar-refractivity contribution is -0.384. The Morgan fingerprint density at radius 2 is 2.00 bits per heavy atom. The number of hydrogen-bond acceptors (Lipinski definition) is 4. The molecule has 2 N–H and O–H groups in total. The van der Waals surface area contributed by atoms with E-state index in [2.05, 4.69) is 15.6 Å². The van der Waals surface area contributed by atoms with Gasteiger partial charge in [-0.3, -0.25) is 15.1 Å². The van der Waals surface area contributed by atoms with Crippen molar-refractivity contribution in [2.24, 2.45) is 4.99 Å². The number of nitro groups is 1. The predicted octanol–water partition coefficient (Wildman–Crippen LogP) is 1.52. The summed E-state index contributed by atoms with van der Waals surface area (Å²) in [4.78, 5) is 14.2. The molecule has 112 valence electrons. The minimum atomic E-state index is -0.414. The Kier molecular flexibility index (Phi) is 9.64. The van der Waals surface area contributed by atoms with Crippen molar-refractivity contribution in [1.29, 1.82) is 0 Å². The third-order valence-corrected chi connectivity index (χ3v) is 2.43. The lowest BCUT2D eigenvalue weighted by Gasteiger charge is -2.11. The van der Waals surface area contributed by atoms with Crippen LogP contribution in [0, 0.1) is 10.1 Å². The molecule has 0 saturated heterocycles. The van der Waals surface area contributed by atoms with Crippen LogP contribution in [-0.2, 0) is 11.3 Å². The minimum Gasteiger partial charge on any atom is -0.383 e. The highest BCUT2D eigenvalue weighted by Crippen LogP contribution is 2.11. The number of nitro benzene ring substituents is 1. The molecular weight excluding hydrogens is 375 g/mol.